The third kappa shape index (κ3) is 6.81. The van der Waals surface area contributed by atoms with Crippen molar-refractivity contribution in [2.45, 2.75) is 32.6 Å². The van der Waals surface area contributed by atoms with Crippen LogP contribution in [-0.4, -0.2) is 4.57 Å². The molecule has 0 aliphatic rings. The summed E-state index contributed by atoms with van der Waals surface area (Å²) in [6.45, 7) is 2.26. The van der Waals surface area contributed by atoms with Crippen LogP contribution in [0.25, 0.3) is 105 Å². The van der Waals surface area contributed by atoms with Gasteiger partial charge in [-0.25, -0.2) is 0 Å². The minimum Gasteiger partial charge on any atom is -0.455 e. The van der Waals surface area contributed by atoms with Crippen LogP contribution >= 0.6 is 0 Å². The molecule has 0 N–H and O–H groups in total. The Kier molecular flexibility index (Phi) is 9.39. The minimum absolute atomic E-state index is 0.890. The van der Waals surface area contributed by atoms with Gasteiger partial charge in [0.25, 0.3) is 0 Å². The average Bonchev–Trinajstić information content (AvgIpc) is 3.87. The second kappa shape index (κ2) is 15.6. The largest absolute Gasteiger partial charge is 0.455 e. The highest BCUT2D eigenvalue weighted by Crippen LogP contribution is 2.41. The maximum atomic E-state index is 6.75. The number of unbranched alkanes of at least 4 members (excludes halogenated alkanes) is 2. The Bertz CT molecular complexity index is 3350. The third-order valence-corrected chi connectivity index (χ3v) is 12.4. The zero-order chi connectivity index (χ0) is 40.7. The van der Waals surface area contributed by atoms with Gasteiger partial charge in [0.1, 0.15) is 11.2 Å². The van der Waals surface area contributed by atoms with E-state index in [9.17, 15) is 0 Å². The molecule has 292 valence electrons. The van der Waals surface area contributed by atoms with Crippen LogP contribution in [0.3, 0.4) is 0 Å². The van der Waals surface area contributed by atoms with E-state index < -0.39 is 0 Å². The first-order valence-electron chi connectivity index (χ1n) is 21.6. The first kappa shape index (κ1) is 36.6. The van der Waals surface area contributed by atoms with Gasteiger partial charge in [0.05, 0.1) is 11.0 Å². The lowest BCUT2D eigenvalue weighted by atomic mass is 9.95. The minimum atomic E-state index is 0.890. The number of aromatic nitrogens is 1. The van der Waals surface area contributed by atoms with Crippen LogP contribution in [0.2, 0.25) is 0 Å². The predicted octanol–water partition coefficient (Wildman–Crippen LogP) is 16.8. The standard InChI is InChI=1S/C59H45NO/c1-2-3-6-14-40-25-27-42(28-26-40)43-17-11-18-44(35-43)45-19-12-20-46(36-45)48-31-34-58-55(38-48)52-24-13-23-51(59(52)61-58)49-30-33-57-54(39-49)53-37-47(41-15-7-4-8-16-41)29-32-56(53)60(57)50-21-9-5-10-22-50/h4-5,7-13,15-39H,2-3,6,14H2,1H3. The van der Waals surface area contributed by atoms with Crippen LogP contribution in [-0.2, 0) is 6.42 Å². The van der Waals surface area contributed by atoms with Gasteiger partial charge < -0.3 is 8.98 Å². The van der Waals surface area contributed by atoms with Gasteiger partial charge in [0.15, 0.2) is 0 Å². The number of nitrogens with zero attached hydrogens (tertiary/aromatic N) is 1. The molecule has 2 nitrogen and oxygen atoms in total. The quantitative estimate of drug-likeness (QED) is 0.126. The molecule has 2 heteroatoms. The average molecular weight is 784 g/mol. The van der Waals surface area contributed by atoms with Crippen molar-refractivity contribution >= 4 is 43.7 Å². The molecular weight excluding hydrogens is 739 g/mol. The van der Waals surface area contributed by atoms with E-state index in [0.29, 0.717) is 0 Å². The van der Waals surface area contributed by atoms with Crippen LogP contribution in [0.15, 0.2) is 211 Å². The Balaban J connectivity index is 0.957. The maximum absolute atomic E-state index is 6.75. The summed E-state index contributed by atoms with van der Waals surface area (Å²) in [5.41, 5.74) is 18.6. The molecule has 11 aromatic rings. The fourth-order valence-corrected chi connectivity index (χ4v) is 9.26. The number of hydrogen-bond acceptors (Lipinski definition) is 1. The van der Waals surface area contributed by atoms with E-state index in [1.807, 2.05) is 0 Å². The summed E-state index contributed by atoms with van der Waals surface area (Å²) in [5, 5.41) is 4.68. The molecule has 61 heavy (non-hydrogen) atoms. The summed E-state index contributed by atoms with van der Waals surface area (Å²) in [5.74, 6) is 0. The highest BCUT2D eigenvalue weighted by molar-refractivity contribution is 6.14. The molecule has 0 saturated heterocycles. The van der Waals surface area contributed by atoms with Crippen molar-refractivity contribution in [3.8, 4) is 61.3 Å². The van der Waals surface area contributed by atoms with Gasteiger partial charge in [-0.2, -0.15) is 0 Å². The molecule has 0 atom stereocenters. The van der Waals surface area contributed by atoms with E-state index in [1.165, 1.54) is 91.1 Å². The van der Waals surface area contributed by atoms with Gasteiger partial charge in [-0.1, -0.05) is 165 Å². The molecule has 0 amide bonds. The zero-order valence-corrected chi connectivity index (χ0v) is 34.3. The van der Waals surface area contributed by atoms with Crippen molar-refractivity contribution in [1.82, 2.24) is 4.57 Å². The smallest absolute Gasteiger partial charge is 0.143 e. The number of benzene rings is 9. The van der Waals surface area contributed by atoms with E-state index >= 15 is 0 Å². The normalized spacial score (nSPS) is 11.6. The molecule has 0 spiro atoms. The van der Waals surface area contributed by atoms with Gasteiger partial charge in [-0.15, -0.1) is 0 Å². The first-order chi connectivity index (χ1) is 30.2. The van der Waals surface area contributed by atoms with E-state index in [4.69, 9.17) is 4.42 Å². The predicted molar refractivity (Wildman–Crippen MR) is 258 cm³/mol. The second-order valence-electron chi connectivity index (χ2n) is 16.3. The molecule has 0 radical (unpaired) electrons. The van der Waals surface area contributed by atoms with E-state index in [2.05, 4.69) is 218 Å². The SMILES string of the molecule is CCCCCc1ccc(-c2cccc(-c3cccc(-c4ccc5oc6c(-c7ccc8c(c7)c7cc(-c9ccccc9)ccc7n8-c7ccccc7)cccc6c5c4)c3)c2)cc1. The summed E-state index contributed by atoms with van der Waals surface area (Å²) in [6, 6.07) is 75.2. The Morgan fingerprint density at radius 1 is 0.377 bits per heavy atom. The highest BCUT2D eigenvalue weighted by Gasteiger charge is 2.18. The van der Waals surface area contributed by atoms with E-state index in [0.717, 1.165) is 45.2 Å². The van der Waals surface area contributed by atoms with Crippen molar-refractivity contribution in [2.75, 3.05) is 0 Å². The van der Waals surface area contributed by atoms with Crippen LogP contribution in [0.4, 0.5) is 0 Å². The van der Waals surface area contributed by atoms with Crippen molar-refractivity contribution in [3.63, 3.8) is 0 Å². The van der Waals surface area contributed by atoms with Crippen molar-refractivity contribution in [2.24, 2.45) is 0 Å². The summed E-state index contributed by atoms with van der Waals surface area (Å²) in [4.78, 5) is 0. The molecule has 0 aliphatic carbocycles. The molecular formula is C59H45NO. The number of hydrogen-bond donors (Lipinski definition) is 0. The molecule has 0 bridgehead atoms. The van der Waals surface area contributed by atoms with Crippen LogP contribution in [0.1, 0.15) is 31.7 Å². The lowest BCUT2D eigenvalue weighted by Gasteiger charge is -2.09. The topological polar surface area (TPSA) is 18.1 Å². The number of aryl methyl sites for hydroxylation is 1. The van der Waals surface area contributed by atoms with Crippen LogP contribution < -0.4 is 0 Å². The van der Waals surface area contributed by atoms with E-state index in [1.54, 1.807) is 0 Å². The summed E-state index contributed by atoms with van der Waals surface area (Å²) in [7, 11) is 0. The lowest BCUT2D eigenvalue weighted by Crippen LogP contribution is -1.93. The van der Waals surface area contributed by atoms with E-state index in [-0.39, 0.29) is 0 Å². The fraction of sp³-hybridized carbons (Fsp3) is 0.0847. The van der Waals surface area contributed by atoms with Gasteiger partial charge in [-0.05, 0) is 129 Å². The Labute approximate surface area is 357 Å². The first-order valence-corrected chi connectivity index (χ1v) is 21.6. The summed E-state index contributed by atoms with van der Waals surface area (Å²) >= 11 is 0. The highest BCUT2D eigenvalue weighted by atomic mass is 16.3. The molecule has 2 heterocycles. The Morgan fingerprint density at radius 2 is 0.885 bits per heavy atom. The molecule has 11 rings (SSSR count). The van der Waals surface area contributed by atoms with Gasteiger partial charge in [-0.3, -0.25) is 0 Å². The van der Waals surface area contributed by atoms with Crippen molar-refractivity contribution in [3.05, 3.63) is 212 Å². The molecule has 0 fully saturated rings. The van der Waals surface area contributed by atoms with Crippen molar-refractivity contribution < 1.29 is 4.42 Å². The number of fused-ring (bicyclic) bond motifs is 6. The number of furan rings is 1. The summed E-state index contributed by atoms with van der Waals surface area (Å²) in [6.07, 6.45) is 4.94. The van der Waals surface area contributed by atoms with Gasteiger partial charge in [0.2, 0.25) is 0 Å². The molecule has 0 saturated carbocycles. The number of rotatable bonds is 10. The Hall–Kier alpha value is -7.42. The molecule has 0 aliphatic heterocycles. The number of para-hydroxylation sites is 2. The van der Waals surface area contributed by atoms with Crippen LogP contribution in [0.5, 0.6) is 0 Å². The maximum Gasteiger partial charge on any atom is 0.143 e. The molecule has 0 unspecified atom stereocenters. The molecule has 2 aromatic heterocycles. The summed E-state index contributed by atoms with van der Waals surface area (Å²) < 4.78 is 9.14. The second-order valence-corrected chi connectivity index (χ2v) is 16.3. The third-order valence-electron chi connectivity index (χ3n) is 12.4. The van der Waals surface area contributed by atoms with Gasteiger partial charge >= 0.3 is 0 Å². The van der Waals surface area contributed by atoms with Crippen LogP contribution in [0, 0.1) is 0 Å². The lowest BCUT2D eigenvalue weighted by molar-refractivity contribution is 0.670. The monoisotopic (exact) mass is 783 g/mol. The molecule has 9 aromatic carbocycles. The fourth-order valence-electron chi connectivity index (χ4n) is 9.26. The van der Waals surface area contributed by atoms with Gasteiger partial charge in [0, 0.05) is 32.8 Å². The zero-order valence-electron chi connectivity index (χ0n) is 34.3. The Morgan fingerprint density at radius 3 is 1.57 bits per heavy atom. The van der Waals surface area contributed by atoms with Crippen molar-refractivity contribution in [1.29, 1.82) is 0 Å².